The van der Waals surface area contributed by atoms with Gasteiger partial charge in [0.2, 0.25) is 23.6 Å². The molecular formula is C76H103N9O23. The lowest BCUT2D eigenvalue weighted by Gasteiger charge is -2.31. The van der Waals surface area contributed by atoms with E-state index in [0.29, 0.717) is 164 Å². The highest BCUT2D eigenvalue weighted by molar-refractivity contribution is 6.16. The Labute approximate surface area is 628 Å². The van der Waals surface area contributed by atoms with Crippen molar-refractivity contribution in [1.29, 1.82) is 0 Å². The number of rotatable bonds is 48. The molecule has 0 radical (unpaired) electrons. The summed E-state index contributed by atoms with van der Waals surface area (Å²) < 4.78 is 73.6. The molecule has 32 nitrogen and oxygen atoms in total. The smallest absolute Gasteiger partial charge is 0.416 e. The van der Waals surface area contributed by atoms with Gasteiger partial charge in [-0.2, -0.15) is 0 Å². The number of fused-ring (bicyclic) bond motifs is 4. The van der Waals surface area contributed by atoms with Crippen molar-refractivity contribution >= 4 is 76.6 Å². The molecule has 5 N–H and O–H groups in total. The maximum atomic E-state index is 14.3. The van der Waals surface area contributed by atoms with Crippen molar-refractivity contribution in [3.05, 3.63) is 100 Å². The Morgan fingerprint density at radius 1 is 0.574 bits per heavy atom. The van der Waals surface area contributed by atoms with Crippen LogP contribution in [0.5, 0.6) is 23.0 Å². The minimum Gasteiger partial charge on any atom is -0.493 e. The number of amides is 9. The number of ether oxygens (including phenoxy) is 13. The Kier molecular flexibility index (Phi) is 34.0. The summed E-state index contributed by atoms with van der Waals surface area (Å²) in [6, 6.07) is 9.93. The molecule has 0 saturated carbocycles. The molecule has 590 valence electrons. The molecule has 0 aliphatic carbocycles. The number of benzene rings is 3. The number of anilines is 2. The maximum absolute atomic E-state index is 14.3. The number of aliphatic hydroxyl groups excluding tert-OH is 1. The molecule has 0 spiro atoms. The fourth-order valence-electron chi connectivity index (χ4n) is 11.9. The van der Waals surface area contributed by atoms with E-state index < -0.39 is 60.0 Å². The van der Waals surface area contributed by atoms with Gasteiger partial charge in [-0.05, 0) is 95.5 Å². The second-order valence-electron chi connectivity index (χ2n) is 26.4. The van der Waals surface area contributed by atoms with Crippen LogP contribution < -0.4 is 45.1 Å². The first kappa shape index (κ1) is 84.2. The third-order valence-corrected chi connectivity index (χ3v) is 17.7. The molecule has 5 heterocycles. The quantitative estimate of drug-likeness (QED) is 0.0335. The molecule has 5 aliphatic rings. The predicted molar refractivity (Wildman–Crippen MR) is 393 cm³/mol. The number of methoxy groups -OCH3 is 2. The summed E-state index contributed by atoms with van der Waals surface area (Å²) in [7, 11) is 2.96. The van der Waals surface area contributed by atoms with Gasteiger partial charge in [0.05, 0.1) is 168 Å². The zero-order valence-electron chi connectivity index (χ0n) is 62.9. The molecule has 3 aromatic rings. The molecule has 3 aromatic carbocycles. The van der Waals surface area contributed by atoms with Crippen molar-refractivity contribution in [1.82, 2.24) is 30.7 Å². The summed E-state index contributed by atoms with van der Waals surface area (Å²) in [4.78, 5) is 127. The van der Waals surface area contributed by atoms with Crippen LogP contribution in [0.15, 0.2) is 88.7 Å². The minimum absolute atomic E-state index is 0.0149. The van der Waals surface area contributed by atoms with E-state index in [-0.39, 0.29) is 105 Å². The van der Waals surface area contributed by atoms with E-state index in [2.05, 4.69) is 26.3 Å². The monoisotopic (exact) mass is 1510 g/mol. The first-order valence-corrected chi connectivity index (χ1v) is 36.5. The number of aliphatic hydroxyl groups is 1. The highest BCUT2D eigenvalue weighted by Crippen LogP contribution is 2.43. The van der Waals surface area contributed by atoms with E-state index in [9.17, 15) is 48.3 Å². The molecule has 5 atom stereocenters. The minimum atomic E-state index is -1.53. The number of nitrogens with one attached hydrogen (secondary N) is 4. The van der Waals surface area contributed by atoms with E-state index in [1.807, 2.05) is 20.0 Å². The first-order valence-electron chi connectivity index (χ1n) is 36.5. The fourth-order valence-corrected chi connectivity index (χ4v) is 11.9. The number of carbonyl (C=O) groups excluding carboxylic acids is 9. The van der Waals surface area contributed by atoms with Gasteiger partial charge in [-0.25, -0.2) is 9.69 Å². The number of hydrogen-bond donors (Lipinski definition) is 5. The Balaban J connectivity index is 0.646. The molecule has 0 saturated heterocycles. The summed E-state index contributed by atoms with van der Waals surface area (Å²) in [5.41, 5.74) is 4.28. The summed E-state index contributed by atoms with van der Waals surface area (Å²) in [6.45, 7) is 16.5. The van der Waals surface area contributed by atoms with Crippen LogP contribution in [-0.4, -0.2) is 256 Å². The van der Waals surface area contributed by atoms with E-state index in [0.717, 1.165) is 27.4 Å². The Bertz CT molecular complexity index is 3700. The van der Waals surface area contributed by atoms with Crippen LogP contribution in [0.2, 0.25) is 0 Å². The van der Waals surface area contributed by atoms with Gasteiger partial charge in [0.25, 0.3) is 23.6 Å². The van der Waals surface area contributed by atoms with Crippen LogP contribution in [0.25, 0.3) is 0 Å². The van der Waals surface area contributed by atoms with Crippen molar-refractivity contribution < 1.29 is 110 Å². The SMILES string of the molecule is COc1cc2c(cc1OCCCCCOc1cc3c(cc1OC)C(=O)N1C=C(C)C[C@H]1[C@H](O)N3C(=O)OCc1ccc(NC(=O)[C@H](C)NC(=O)[C@@H](NC(=O)CCOCCOCCOCCOCCOCCOCCOCCOCCNC(=O)CCN3C(=O)C=C(C)C3=O)C(C)C)cc1)N=C[C@@H]1CC(C)=CN1C2=O. The van der Waals surface area contributed by atoms with Crippen molar-refractivity contribution in [2.75, 3.05) is 156 Å². The lowest BCUT2D eigenvalue weighted by atomic mass is 10.0. The van der Waals surface area contributed by atoms with E-state index in [1.54, 1.807) is 74.5 Å². The molecule has 108 heavy (non-hydrogen) atoms. The average Bonchev–Trinajstić information content (AvgIpc) is 1.66. The summed E-state index contributed by atoms with van der Waals surface area (Å²) in [5.74, 6) is -2.11. The van der Waals surface area contributed by atoms with Crippen LogP contribution in [0.1, 0.15) is 113 Å². The van der Waals surface area contributed by atoms with Crippen molar-refractivity contribution in [2.45, 2.75) is 123 Å². The standard InChI is InChI=1S/C76H103N9O23/c1-49(2)69(81-67(87)17-22-98-24-26-100-28-30-102-32-34-104-36-37-105-35-33-103-31-29-101-27-25-99-23-18-77-66(86)16-19-82-68(88)40-52(5)72(82)91)71(90)79-53(6)70(89)80-55-14-12-54(13-15-55)48-108-76(95)85-60-44-65(63(97-8)42-58(60)74(93)84-47-51(4)39-61(84)75(85)94)107-21-11-9-10-20-106-64-43-59-57(41-62(64)96-7)73(92)83-46-50(3)38-56(83)45-78-59/h12-15,40-47,49,53,56,61,69,75,94H,9-11,16-39,48H2,1-8H3,(H,77,86)(H,79,90)(H,80,89)(H,81,87)/t53-,56-,61-,69-,75-/m0/s1. The zero-order valence-corrected chi connectivity index (χ0v) is 62.9. The topological polar surface area (TPSA) is 367 Å². The molecule has 0 bridgehead atoms. The molecule has 5 aliphatic heterocycles. The van der Waals surface area contributed by atoms with Gasteiger partial charge in [-0.3, -0.25) is 48.2 Å². The molecule has 32 heteroatoms. The van der Waals surface area contributed by atoms with E-state index in [1.165, 1.54) is 44.3 Å². The third-order valence-electron chi connectivity index (χ3n) is 17.7. The van der Waals surface area contributed by atoms with Gasteiger partial charge < -0.3 is 97.8 Å². The number of unbranched alkanes of at least 4 members (excludes halogenated alkanes) is 2. The van der Waals surface area contributed by atoms with Crippen LogP contribution in [0.3, 0.4) is 0 Å². The second kappa shape index (κ2) is 43.6. The van der Waals surface area contributed by atoms with Gasteiger partial charge in [0.15, 0.2) is 29.2 Å². The van der Waals surface area contributed by atoms with Crippen LogP contribution in [0.4, 0.5) is 21.9 Å². The van der Waals surface area contributed by atoms with Crippen molar-refractivity contribution in [3.8, 4) is 23.0 Å². The molecule has 9 amide bonds. The average molecular weight is 1510 g/mol. The Morgan fingerprint density at radius 2 is 1.11 bits per heavy atom. The molecule has 8 rings (SSSR count). The largest absolute Gasteiger partial charge is 0.493 e. The van der Waals surface area contributed by atoms with Gasteiger partial charge in [-0.15, -0.1) is 0 Å². The van der Waals surface area contributed by atoms with E-state index in [4.69, 9.17) is 61.6 Å². The maximum Gasteiger partial charge on any atom is 0.416 e. The number of aliphatic imine (C=N–C) groups is 1. The van der Waals surface area contributed by atoms with Gasteiger partial charge in [-0.1, -0.05) is 37.1 Å². The summed E-state index contributed by atoms with van der Waals surface area (Å²) in [5, 5.41) is 22.9. The highest BCUT2D eigenvalue weighted by Gasteiger charge is 2.45. The summed E-state index contributed by atoms with van der Waals surface area (Å²) >= 11 is 0. The molecular weight excluding hydrogens is 1410 g/mol. The Morgan fingerprint density at radius 3 is 1.68 bits per heavy atom. The second-order valence-corrected chi connectivity index (χ2v) is 26.4. The number of nitrogens with zero attached hydrogens (tertiary/aromatic N) is 5. The molecule has 0 unspecified atom stereocenters. The third kappa shape index (κ3) is 25.1. The number of carbonyl (C=O) groups is 9. The van der Waals surface area contributed by atoms with Gasteiger partial charge >= 0.3 is 6.09 Å². The number of imide groups is 1. The lowest BCUT2D eigenvalue weighted by Crippen LogP contribution is -2.53. The molecule has 0 aromatic heterocycles. The predicted octanol–water partition coefficient (Wildman–Crippen LogP) is 5.69. The lowest BCUT2D eigenvalue weighted by molar-refractivity contribution is -0.137. The van der Waals surface area contributed by atoms with Crippen LogP contribution in [-0.2, 0) is 78.0 Å². The van der Waals surface area contributed by atoms with E-state index >= 15 is 0 Å². The Hall–Kier alpha value is -9.38. The number of hydrogen-bond acceptors (Lipinski definition) is 24. The van der Waals surface area contributed by atoms with Gasteiger partial charge in [0.1, 0.15) is 18.7 Å². The van der Waals surface area contributed by atoms with Gasteiger partial charge in [0, 0.05) is 74.0 Å². The van der Waals surface area contributed by atoms with Crippen LogP contribution in [0, 0.1) is 5.92 Å². The summed E-state index contributed by atoms with van der Waals surface area (Å²) in [6.07, 6.45) is 7.05. The fraction of sp³-hybridized carbons (Fsp3) is 0.553. The highest BCUT2D eigenvalue weighted by atomic mass is 16.6. The van der Waals surface area contributed by atoms with Crippen molar-refractivity contribution in [3.63, 3.8) is 0 Å². The van der Waals surface area contributed by atoms with Crippen molar-refractivity contribution in [2.24, 2.45) is 10.9 Å². The zero-order chi connectivity index (χ0) is 77.5. The molecule has 0 fully saturated rings. The first-order chi connectivity index (χ1) is 52.1. The normalized spacial score (nSPS) is 17.1. The van der Waals surface area contributed by atoms with Crippen LogP contribution >= 0.6 is 0 Å².